The Bertz CT molecular complexity index is 1380. The first-order chi connectivity index (χ1) is 20.2. The van der Waals surface area contributed by atoms with Crippen LogP contribution in [0, 0.1) is 0 Å². The fraction of sp³-hybridized carbons (Fsp3) is 0.375. The van der Waals surface area contributed by atoms with Crippen LogP contribution in [0.15, 0.2) is 88.7 Å². The highest BCUT2D eigenvalue weighted by Crippen LogP contribution is 2.27. The highest BCUT2D eigenvalue weighted by Gasteiger charge is 2.32. The molecule has 0 aliphatic heterocycles. The Kier molecular flexibility index (Phi) is 12.7. The lowest BCUT2D eigenvalue weighted by Crippen LogP contribution is -2.52. The summed E-state index contributed by atoms with van der Waals surface area (Å²) in [5, 5.41) is 2.91. The summed E-state index contributed by atoms with van der Waals surface area (Å²) in [5.74, 6) is -0.147. The first kappa shape index (κ1) is 33.0. The predicted molar refractivity (Wildman–Crippen MR) is 170 cm³/mol. The Morgan fingerprint density at radius 1 is 0.952 bits per heavy atom. The van der Waals surface area contributed by atoms with E-state index < -0.39 is 28.5 Å². The number of rotatable bonds is 16. The number of benzene rings is 3. The predicted octanol–water partition coefficient (Wildman–Crippen LogP) is 5.38. The van der Waals surface area contributed by atoms with Crippen molar-refractivity contribution < 1.29 is 22.7 Å². The SMILES string of the molecule is CCCCNC(=O)[C@H](C)N(CCc1ccccc1)C(=O)CN(c1ccc(OCC)cc1)S(=O)(=O)c1ccc(SC)cc1. The third-order valence-electron chi connectivity index (χ3n) is 6.84. The van der Waals surface area contributed by atoms with Crippen molar-refractivity contribution in [2.45, 2.75) is 55.9 Å². The zero-order chi connectivity index (χ0) is 30.5. The second kappa shape index (κ2) is 16.2. The van der Waals surface area contributed by atoms with Gasteiger partial charge in [0.25, 0.3) is 10.0 Å². The Labute approximate surface area is 254 Å². The molecule has 8 nitrogen and oxygen atoms in total. The summed E-state index contributed by atoms with van der Waals surface area (Å²) in [7, 11) is -4.13. The second-order valence-corrected chi connectivity index (χ2v) is 12.5. The normalized spacial score (nSPS) is 11.9. The number of carbonyl (C=O) groups excluding carboxylic acids is 2. The van der Waals surface area contributed by atoms with Crippen LogP contribution in [-0.2, 0) is 26.0 Å². The molecule has 0 saturated heterocycles. The lowest BCUT2D eigenvalue weighted by molar-refractivity contribution is -0.138. The van der Waals surface area contributed by atoms with Gasteiger partial charge in [-0.25, -0.2) is 8.42 Å². The van der Waals surface area contributed by atoms with E-state index in [1.54, 1.807) is 55.5 Å². The first-order valence-electron chi connectivity index (χ1n) is 14.2. The van der Waals surface area contributed by atoms with Gasteiger partial charge in [0.1, 0.15) is 18.3 Å². The van der Waals surface area contributed by atoms with Crippen molar-refractivity contribution in [2.24, 2.45) is 0 Å². The number of hydrogen-bond acceptors (Lipinski definition) is 6. The number of nitrogens with zero attached hydrogens (tertiary/aromatic N) is 2. The summed E-state index contributed by atoms with van der Waals surface area (Å²) >= 11 is 1.51. The van der Waals surface area contributed by atoms with Crippen molar-refractivity contribution in [3.05, 3.63) is 84.4 Å². The van der Waals surface area contributed by atoms with Crippen LogP contribution in [0.25, 0.3) is 0 Å². The maximum Gasteiger partial charge on any atom is 0.264 e. The van der Waals surface area contributed by atoms with E-state index in [-0.39, 0.29) is 17.3 Å². The lowest BCUT2D eigenvalue weighted by Gasteiger charge is -2.32. The molecule has 0 aromatic heterocycles. The van der Waals surface area contributed by atoms with Crippen molar-refractivity contribution in [3.8, 4) is 5.75 Å². The van der Waals surface area contributed by atoms with Gasteiger partial charge in [-0.15, -0.1) is 11.8 Å². The van der Waals surface area contributed by atoms with Gasteiger partial charge in [0.15, 0.2) is 0 Å². The smallest absolute Gasteiger partial charge is 0.264 e. The molecular weight excluding hydrogens is 571 g/mol. The Morgan fingerprint density at radius 3 is 2.21 bits per heavy atom. The monoisotopic (exact) mass is 611 g/mol. The van der Waals surface area contributed by atoms with E-state index in [4.69, 9.17) is 4.74 Å². The third kappa shape index (κ3) is 9.00. The van der Waals surface area contributed by atoms with Crippen LogP contribution < -0.4 is 14.4 Å². The van der Waals surface area contributed by atoms with Crippen molar-refractivity contribution in [1.29, 1.82) is 0 Å². The van der Waals surface area contributed by atoms with Crippen LogP contribution in [0.2, 0.25) is 0 Å². The number of ether oxygens (including phenoxy) is 1. The fourth-order valence-electron chi connectivity index (χ4n) is 4.39. The van der Waals surface area contributed by atoms with Gasteiger partial charge in [0, 0.05) is 18.0 Å². The summed E-state index contributed by atoms with van der Waals surface area (Å²) in [6, 6.07) is 22.1. The van der Waals surface area contributed by atoms with Crippen LogP contribution in [0.5, 0.6) is 5.75 Å². The average molecular weight is 612 g/mol. The molecule has 0 aliphatic carbocycles. The summed E-state index contributed by atoms with van der Waals surface area (Å²) in [6.45, 7) is 6.35. The number of unbranched alkanes of at least 4 members (excludes halogenated alkanes) is 1. The van der Waals surface area contributed by atoms with Gasteiger partial charge >= 0.3 is 0 Å². The van der Waals surface area contributed by atoms with Crippen molar-refractivity contribution in [1.82, 2.24) is 10.2 Å². The number of amides is 2. The van der Waals surface area contributed by atoms with Gasteiger partial charge in [-0.3, -0.25) is 13.9 Å². The Balaban J connectivity index is 1.96. The molecule has 0 fully saturated rings. The quantitative estimate of drug-likeness (QED) is 0.173. The van der Waals surface area contributed by atoms with E-state index in [9.17, 15) is 18.0 Å². The molecule has 1 atom stereocenters. The highest BCUT2D eigenvalue weighted by molar-refractivity contribution is 7.98. The standard InChI is InChI=1S/C32H41N3O5S2/c1-5-7-22-33-32(37)25(3)34(23-21-26-11-9-8-10-12-26)31(36)24-35(27-13-15-28(16-14-27)40-6-2)42(38,39)30-19-17-29(41-4)18-20-30/h8-20,25H,5-7,21-24H2,1-4H3,(H,33,37)/t25-/m0/s1. The van der Waals surface area contributed by atoms with Gasteiger partial charge in [-0.1, -0.05) is 43.7 Å². The minimum Gasteiger partial charge on any atom is -0.494 e. The largest absolute Gasteiger partial charge is 0.494 e. The van der Waals surface area contributed by atoms with Gasteiger partial charge in [0.05, 0.1) is 17.2 Å². The fourth-order valence-corrected chi connectivity index (χ4v) is 6.21. The molecule has 0 heterocycles. The van der Waals surface area contributed by atoms with Gasteiger partial charge in [-0.2, -0.15) is 0 Å². The van der Waals surface area contributed by atoms with Gasteiger partial charge < -0.3 is 15.0 Å². The number of anilines is 1. The number of carbonyl (C=O) groups is 2. The average Bonchev–Trinajstić information content (AvgIpc) is 3.01. The molecule has 1 N–H and O–H groups in total. The molecule has 10 heteroatoms. The van der Waals surface area contributed by atoms with Crippen LogP contribution in [0.4, 0.5) is 5.69 Å². The number of thioether (sulfide) groups is 1. The van der Waals surface area contributed by atoms with Crippen LogP contribution in [-0.4, -0.2) is 63.7 Å². The second-order valence-electron chi connectivity index (χ2n) is 9.76. The van der Waals surface area contributed by atoms with Gasteiger partial charge in [-0.05, 0) is 87.0 Å². The number of nitrogens with one attached hydrogen (secondary N) is 1. The molecule has 3 aromatic carbocycles. The van der Waals surface area contributed by atoms with Crippen LogP contribution >= 0.6 is 11.8 Å². The van der Waals surface area contributed by atoms with E-state index in [2.05, 4.69) is 5.32 Å². The van der Waals surface area contributed by atoms with E-state index in [0.29, 0.717) is 31.0 Å². The maximum absolute atomic E-state index is 14.0. The van der Waals surface area contributed by atoms with Crippen molar-refractivity contribution in [3.63, 3.8) is 0 Å². The molecule has 0 spiro atoms. The molecule has 42 heavy (non-hydrogen) atoms. The maximum atomic E-state index is 14.0. The number of hydrogen-bond donors (Lipinski definition) is 1. The minimum atomic E-state index is -4.13. The van der Waals surface area contributed by atoms with E-state index in [1.165, 1.54) is 16.7 Å². The van der Waals surface area contributed by atoms with Crippen molar-refractivity contribution >= 4 is 39.3 Å². The molecule has 0 aliphatic rings. The molecule has 0 unspecified atom stereocenters. The van der Waals surface area contributed by atoms with Crippen molar-refractivity contribution in [2.75, 3.05) is 36.8 Å². The minimum absolute atomic E-state index is 0.0724. The molecule has 226 valence electrons. The molecule has 0 radical (unpaired) electrons. The highest BCUT2D eigenvalue weighted by atomic mass is 32.2. The zero-order valence-electron chi connectivity index (χ0n) is 24.8. The van der Waals surface area contributed by atoms with Crippen LogP contribution in [0.3, 0.4) is 0 Å². The molecule has 2 amide bonds. The molecule has 0 bridgehead atoms. The first-order valence-corrected chi connectivity index (χ1v) is 16.9. The van der Waals surface area contributed by atoms with E-state index in [1.807, 2.05) is 50.4 Å². The molecule has 3 rings (SSSR count). The van der Waals surface area contributed by atoms with E-state index in [0.717, 1.165) is 27.6 Å². The summed E-state index contributed by atoms with van der Waals surface area (Å²) in [4.78, 5) is 29.5. The summed E-state index contributed by atoms with van der Waals surface area (Å²) in [5.41, 5.74) is 1.34. The lowest BCUT2D eigenvalue weighted by atomic mass is 10.1. The van der Waals surface area contributed by atoms with Crippen LogP contribution in [0.1, 0.15) is 39.2 Å². The molecule has 0 saturated carbocycles. The molecule has 3 aromatic rings. The molecular formula is C32H41N3O5S2. The van der Waals surface area contributed by atoms with E-state index >= 15 is 0 Å². The Morgan fingerprint density at radius 2 is 1.62 bits per heavy atom. The third-order valence-corrected chi connectivity index (χ3v) is 9.37. The topological polar surface area (TPSA) is 96.0 Å². The summed E-state index contributed by atoms with van der Waals surface area (Å²) < 4.78 is 34.6. The number of sulfonamides is 1. The zero-order valence-corrected chi connectivity index (χ0v) is 26.4. The Hall–Kier alpha value is -3.50. The van der Waals surface area contributed by atoms with Gasteiger partial charge in [0.2, 0.25) is 11.8 Å². The summed E-state index contributed by atoms with van der Waals surface area (Å²) in [6.07, 6.45) is 4.19.